The molecule has 5 heteroatoms. The average Bonchev–Trinajstić information content (AvgIpc) is 2.44. The smallest absolute Gasteiger partial charge is 0.302 e. The van der Waals surface area contributed by atoms with Gasteiger partial charge in [0, 0.05) is 0 Å². The summed E-state index contributed by atoms with van der Waals surface area (Å²) in [6.07, 6.45) is 3.79. The molecule has 0 radical (unpaired) electrons. The summed E-state index contributed by atoms with van der Waals surface area (Å²) in [5, 5.41) is 0. The second kappa shape index (κ2) is 10.8. The van der Waals surface area contributed by atoms with Gasteiger partial charge >= 0.3 is 7.82 Å². The minimum absolute atomic E-state index is 0.278. The predicted molar refractivity (Wildman–Crippen MR) is 88.2 cm³/mol. The maximum Gasteiger partial charge on any atom is 0.472 e. The molecule has 0 amide bonds. The minimum Gasteiger partial charge on any atom is -0.302 e. The van der Waals surface area contributed by atoms with E-state index < -0.39 is 7.82 Å². The van der Waals surface area contributed by atoms with Crippen LogP contribution in [0.15, 0.2) is 0 Å². The van der Waals surface area contributed by atoms with Gasteiger partial charge < -0.3 is 4.89 Å². The number of hydrogen-bond acceptors (Lipinski definition) is 3. The summed E-state index contributed by atoms with van der Waals surface area (Å²) in [7, 11) is -3.88. The van der Waals surface area contributed by atoms with E-state index >= 15 is 0 Å². The molecule has 0 aliphatic rings. The van der Waals surface area contributed by atoms with Crippen LogP contribution in [0, 0.1) is 23.7 Å². The second-order valence-electron chi connectivity index (χ2n) is 6.44. The Bertz CT molecular complexity index is 283. The van der Waals surface area contributed by atoms with Crippen LogP contribution < -0.4 is 0 Å². The first kappa shape index (κ1) is 21.1. The van der Waals surface area contributed by atoms with Crippen LogP contribution in [0.4, 0.5) is 0 Å². The molecule has 0 fully saturated rings. The molecule has 0 spiro atoms. The lowest BCUT2D eigenvalue weighted by Crippen LogP contribution is -2.11. The molecule has 0 bridgehead atoms. The van der Waals surface area contributed by atoms with Crippen molar-refractivity contribution in [3.8, 4) is 0 Å². The van der Waals surface area contributed by atoms with Crippen molar-refractivity contribution in [3.63, 3.8) is 0 Å². The van der Waals surface area contributed by atoms with Gasteiger partial charge in [0.05, 0.1) is 13.2 Å². The third kappa shape index (κ3) is 9.67. The quantitative estimate of drug-likeness (QED) is 0.498. The molecule has 4 unspecified atom stereocenters. The molecule has 0 saturated carbocycles. The van der Waals surface area contributed by atoms with Crippen molar-refractivity contribution in [2.24, 2.45) is 23.7 Å². The van der Waals surface area contributed by atoms with Crippen molar-refractivity contribution >= 4 is 7.82 Å². The third-order valence-corrected chi connectivity index (χ3v) is 5.90. The standard InChI is InChI=1S/C16H35O4P/c1-7-13(3)15(5)9-11-19-21(17,18)20-12-10-16(6)14(4)8-2/h13-16H,7-12H2,1-6H3,(H,17,18). The van der Waals surface area contributed by atoms with Gasteiger partial charge in [-0.2, -0.15) is 0 Å². The van der Waals surface area contributed by atoms with Crippen molar-refractivity contribution < 1.29 is 18.5 Å². The molecule has 21 heavy (non-hydrogen) atoms. The van der Waals surface area contributed by atoms with Gasteiger partial charge in [-0.05, 0) is 36.5 Å². The van der Waals surface area contributed by atoms with Gasteiger partial charge in [-0.25, -0.2) is 4.57 Å². The highest BCUT2D eigenvalue weighted by Gasteiger charge is 2.22. The molecule has 4 nitrogen and oxygen atoms in total. The van der Waals surface area contributed by atoms with Gasteiger partial charge in [-0.1, -0.05) is 54.4 Å². The largest absolute Gasteiger partial charge is 0.472 e. The van der Waals surface area contributed by atoms with Gasteiger partial charge in [0.15, 0.2) is 0 Å². The molecule has 0 saturated heterocycles. The first-order chi connectivity index (χ1) is 9.73. The Hall–Kier alpha value is 0.110. The lowest BCUT2D eigenvalue weighted by Gasteiger charge is -2.20. The fourth-order valence-electron chi connectivity index (χ4n) is 2.12. The van der Waals surface area contributed by atoms with E-state index in [1.165, 1.54) is 0 Å². The molecular formula is C16H35O4P. The number of rotatable bonds is 12. The number of phosphoric ester groups is 1. The van der Waals surface area contributed by atoms with Crippen LogP contribution in [0.5, 0.6) is 0 Å². The second-order valence-corrected chi connectivity index (χ2v) is 7.89. The van der Waals surface area contributed by atoms with Gasteiger partial charge in [-0.15, -0.1) is 0 Å². The van der Waals surface area contributed by atoms with Crippen molar-refractivity contribution in [1.29, 1.82) is 0 Å². The molecule has 1 N–H and O–H groups in total. The summed E-state index contributed by atoms with van der Waals surface area (Å²) in [5.74, 6) is 2.17. The number of phosphoric acid groups is 1. The molecule has 0 aromatic rings. The average molecular weight is 322 g/mol. The normalized spacial score (nSPS) is 20.5. The molecule has 0 aliphatic carbocycles. The van der Waals surface area contributed by atoms with Crippen LogP contribution in [0.25, 0.3) is 0 Å². The maximum absolute atomic E-state index is 11.8. The molecule has 0 aliphatic heterocycles. The summed E-state index contributed by atoms with van der Waals surface area (Å²) in [6, 6.07) is 0. The van der Waals surface area contributed by atoms with Crippen LogP contribution in [0.2, 0.25) is 0 Å². The maximum atomic E-state index is 11.8. The molecule has 0 aromatic heterocycles. The van der Waals surface area contributed by atoms with E-state index in [4.69, 9.17) is 9.05 Å². The lowest BCUT2D eigenvalue weighted by atomic mass is 9.91. The topological polar surface area (TPSA) is 55.8 Å². The summed E-state index contributed by atoms with van der Waals surface area (Å²) in [6.45, 7) is 13.5. The zero-order chi connectivity index (χ0) is 16.5. The highest BCUT2D eigenvalue weighted by atomic mass is 31.2. The minimum atomic E-state index is -3.88. The lowest BCUT2D eigenvalue weighted by molar-refractivity contribution is 0.129. The SMILES string of the molecule is CCC(C)C(C)CCOP(=O)(O)OCCC(C)C(C)CC. The van der Waals surface area contributed by atoms with E-state index in [2.05, 4.69) is 41.5 Å². The highest BCUT2D eigenvalue weighted by molar-refractivity contribution is 7.47. The van der Waals surface area contributed by atoms with E-state index in [-0.39, 0.29) is 13.2 Å². The van der Waals surface area contributed by atoms with Gasteiger partial charge in [-0.3, -0.25) is 9.05 Å². The van der Waals surface area contributed by atoms with Crippen LogP contribution in [0.3, 0.4) is 0 Å². The Morgan fingerprint density at radius 1 is 0.810 bits per heavy atom. The summed E-state index contributed by atoms with van der Waals surface area (Å²) in [4.78, 5) is 9.64. The molecule has 0 aromatic carbocycles. The molecule has 128 valence electrons. The predicted octanol–water partition coefficient (Wildman–Crippen LogP) is 5.26. The van der Waals surface area contributed by atoms with E-state index in [0.29, 0.717) is 23.7 Å². The summed E-state index contributed by atoms with van der Waals surface area (Å²) in [5.41, 5.74) is 0. The van der Waals surface area contributed by atoms with Crippen molar-refractivity contribution in [3.05, 3.63) is 0 Å². The van der Waals surface area contributed by atoms with Crippen LogP contribution in [0.1, 0.15) is 67.2 Å². The van der Waals surface area contributed by atoms with Gasteiger partial charge in [0.25, 0.3) is 0 Å². The van der Waals surface area contributed by atoms with E-state index in [0.717, 1.165) is 25.7 Å². The fourth-order valence-corrected chi connectivity index (χ4v) is 2.87. The molecular weight excluding hydrogens is 287 g/mol. The zero-order valence-corrected chi connectivity index (χ0v) is 15.6. The zero-order valence-electron chi connectivity index (χ0n) is 14.7. The fraction of sp³-hybridized carbons (Fsp3) is 1.00. The Morgan fingerprint density at radius 2 is 1.14 bits per heavy atom. The van der Waals surface area contributed by atoms with Crippen LogP contribution in [-0.4, -0.2) is 18.1 Å². The Morgan fingerprint density at radius 3 is 1.43 bits per heavy atom. The Labute approximate surface area is 131 Å². The molecule has 0 heterocycles. The van der Waals surface area contributed by atoms with Crippen molar-refractivity contribution in [2.75, 3.05) is 13.2 Å². The van der Waals surface area contributed by atoms with Gasteiger partial charge in [0.2, 0.25) is 0 Å². The van der Waals surface area contributed by atoms with E-state index in [1.807, 2.05) is 0 Å². The van der Waals surface area contributed by atoms with Crippen molar-refractivity contribution in [2.45, 2.75) is 67.2 Å². The summed E-state index contributed by atoms with van der Waals surface area (Å²) < 4.78 is 21.9. The number of hydrogen-bond donors (Lipinski definition) is 1. The van der Waals surface area contributed by atoms with Crippen LogP contribution in [-0.2, 0) is 13.6 Å². The highest BCUT2D eigenvalue weighted by Crippen LogP contribution is 2.44. The summed E-state index contributed by atoms with van der Waals surface area (Å²) >= 11 is 0. The van der Waals surface area contributed by atoms with E-state index in [9.17, 15) is 9.46 Å². The first-order valence-electron chi connectivity index (χ1n) is 8.35. The van der Waals surface area contributed by atoms with E-state index in [1.54, 1.807) is 0 Å². The monoisotopic (exact) mass is 322 g/mol. The molecule has 4 atom stereocenters. The van der Waals surface area contributed by atoms with Crippen molar-refractivity contribution in [1.82, 2.24) is 0 Å². The Kier molecular flexibility index (Phi) is 10.8. The third-order valence-electron chi connectivity index (χ3n) is 4.89. The van der Waals surface area contributed by atoms with Gasteiger partial charge in [0.1, 0.15) is 0 Å². The molecule has 0 rings (SSSR count). The Balaban J connectivity index is 3.91. The first-order valence-corrected chi connectivity index (χ1v) is 9.84. The van der Waals surface area contributed by atoms with Crippen LogP contribution >= 0.6 is 7.82 Å².